The number of halogens is 8. The van der Waals surface area contributed by atoms with Crippen molar-refractivity contribution in [3.05, 3.63) is 52.1 Å². The Hall–Kier alpha value is -2.36. The van der Waals surface area contributed by atoms with Gasteiger partial charge in [-0.3, -0.25) is 0 Å². The van der Waals surface area contributed by atoms with Crippen molar-refractivity contribution in [3.8, 4) is 16.9 Å². The third kappa shape index (κ3) is 2.90. The van der Waals surface area contributed by atoms with Gasteiger partial charge >= 0.3 is 0 Å². The largest absolute Gasteiger partial charge is 0.461 e. The fraction of sp³-hybridized carbons (Fsp3) is 0.200. The lowest BCUT2D eigenvalue weighted by Gasteiger charge is -2.15. The van der Waals surface area contributed by atoms with Crippen LogP contribution in [0.4, 0.5) is 35.1 Å². The lowest BCUT2D eigenvalue weighted by Crippen LogP contribution is -2.11. The standard InChI is InChI=1S/C15H8F8O2/c1-4-7(16)9(18)5(10(19)8(4)17)6-11(20)13(22)15(25-3-24-2)14(23)12(6)21/h3H2,1-2H3. The van der Waals surface area contributed by atoms with Crippen LogP contribution in [0.5, 0.6) is 5.75 Å². The van der Waals surface area contributed by atoms with Crippen molar-refractivity contribution in [2.75, 3.05) is 13.9 Å². The summed E-state index contributed by atoms with van der Waals surface area (Å²) in [7, 11) is 1.04. The maximum Gasteiger partial charge on any atom is 0.204 e. The summed E-state index contributed by atoms with van der Waals surface area (Å²) >= 11 is 0. The van der Waals surface area contributed by atoms with Crippen molar-refractivity contribution in [1.29, 1.82) is 0 Å². The molecule has 0 aliphatic carbocycles. The van der Waals surface area contributed by atoms with Crippen molar-refractivity contribution < 1.29 is 44.6 Å². The molecule has 0 radical (unpaired) electrons. The van der Waals surface area contributed by atoms with Crippen LogP contribution in [0.1, 0.15) is 5.56 Å². The lowest BCUT2D eigenvalue weighted by molar-refractivity contribution is 0.0441. The Labute approximate surface area is 135 Å². The molecule has 0 atom stereocenters. The van der Waals surface area contributed by atoms with Crippen LogP contribution in [0.3, 0.4) is 0 Å². The third-order valence-electron chi connectivity index (χ3n) is 3.28. The van der Waals surface area contributed by atoms with E-state index < -0.39 is 75.8 Å². The summed E-state index contributed by atoms with van der Waals surface area (Å²) in [5.74, 6) is -18.8. The molecule has 0 amide bonds. The van der Waals surface area contributed by atoms with Crippen molar-refractivity contribution in [2.24, 2.45) is 0 Å². The Bertz CT molecular complexity index is 792. The molecule has 0 unspecified atom stereocenters. The van der Waals surface area contributed by atoms with Gasteiger partial charge in [-0.2, -0.15) is 8.78 Å². The average molecular weight is 372 g/mol. The van der Waals surface area contributed by atoms with E-state index in [1.165, 1.54) is 0 Å². The summed E-state index contributed by atoms with van der Waals surface area (Å²) in [6.07, 6.45) is 0. The molecule has 136 valence electrons. The van der Waals surface area contributed by atoms with E-state index in [2.05, 4.69) is 9.47 Å². The smallest absolute Gasteiger partial charge is 0.204 e. The molecule has 0 N–H and O–H groups in total. The molecule has 2 rings (SSSR count). The van der Waals surface area contributed by atoms with Crippen LogP contribution in [0.15, 0.2) is 0 Å². The van der Waals surface area contributed by atoms with E-state index in [-0.39, 0.29) is 0 Å². The molecular formula is C15H8F8O2. The van der Waals surface area contributed by atoms with Crippen molar-refractivity contribution in [3.63, 3.8) is 0 Å². The summed E-state index contributed by atoms with van der Waals surface area (Å²) in [6, 6.07) is 0. The highest BCUT2D eigenvalue weighted by Gasteiger charge is 2.33. The maximum atomic E-state index is 14.1. The predicted molar refractivity (Wildman–Crippen MR) is 68.8 cm³/mol. The minimum absolute atomic E-state index is 0.663. The summed E-state index contributed by atoms with van der Waals surface area (Å²) < 4.78 is 119. The average Bonchev–Trinajstić information content (AvgIpc) is 2.59. The topological polar surface area (TPSA) is 18.5 Å². The van der Waals surface area contributed by atoms with Gasteiger partial charge in [-0.25, -0.2) is 26.3 Å². The molecule has 0 aliphatic heterocycles. The predicted octanol–water partition coefficient (Wildman–Crippen LogP) is 4.76. The number of hydrogen-bond acceptors (Lipinski definition) is 2. The van der Waals surface area contributed by atoms with Gasteiger partial charge in [0.15, 0.2) is 47.4 Å². The monoisotopic (exact) mass is 372 g/mol. The quantitative estimate of drug-likeness (QED) is 0.438. The molecule has 2 aromatic rings. The molecule has 0 saturated carbocycles. The van der Waals surface area contributed by atoms with E-state index in [0.717, 1.165) is 7.11 Å². The van der Waals surface area contributed by atoms with E-state index in [4.69, 9.17) is 0 Å². The minimum atomic E-state index is -2.30. The third-order valence-corrected chi connectivity index (χ3v) is 3.28. The molecule has 0 aliphatic rings. The Kier molecular flexibility index (Phi) is 5.21. The molecule has 0 spiro atoms. The number of rotatable bonds is 4. The van der Waals surface area contributed by atoms with E-state index in [0.29, 0.717) is 6.92 Å². The minimum Gasteiger partial charge on any atom is -0.461 e. The Morgan fingerprint density at radius 2 is 0.960 bits per heavy atom. The number of hydrogen-bond donors (Lipinski definition) is 0. The fourth-order valence-electron chi connectivity index (χ4n) is 2.04. The summed E-state index contributed by atoms with van der Waals surface area (Å²) in [4.78, 5) is 0. The first-order chi connectivity index (χ1) is 11.6. The van der Waals surface area contributed by atoms with Gasteiger partial charge < -0.3 is 9.47 Å². The van der Waals surface area contributed by atoms with Gasteiger partial charge in [0.1, 0.15) is 0 Å². The van der Waals surface area contributed by atoms with Crippen LogP contribution in [0.25, 0.3) is 11.1 Å². The summed E-state index contributed by atoms with van der Waals surface area (Å²) in [5, 5.41) is 0. The van der Waals surface area contributed by atoms with Crippen LogP contribution in [0.2, 0.25) is 0 Å². The van der Waals surface area contributed by atoms with Crippen molar-refractivity contribution in [2.45, 2.75) is 6.92 Å². The SMILES string of the molecule is COCOc1c(F)c(F)c(-c2c(F)c(F)c(C)c(F)c2F)c(F)c1F. The molecular weight excluding hydrogens is 364 g/mol. The molecule has 2 nitrogen and oxygen atoms in total. The van der Waals surface area contributed by atoms with E-state index >= 15 is 0 Å². The second-order valence-electron chi connectivity index (χ2n) is 4.77. The highest BCUT2D eigenvalue weighted by Crippen LogP contribution is 2.39. The van der Waals surface area contributed by atoms with Gasteiger partial charge in [0.2, 0.25) is 11.6 Å². The van der Waals surface area contributed by atoms with Crippen molar-refractivity contribution >= 4 is 0 Å². The van der Waals surface area contributed by atoms with Crippen LogP contribution in [-0.2, 0) is 4.74 Å². The van der Waals surface area contributed by atoms with Crippen LogP contribution in [0, 0.1) is 53.5 Å². The van der Waals surface area contributed by atoms with Crippen LogP contribution < -0.4 is 4.74 Å². The molecule has 0 saturated heterocycles. The molecule has 25 heavy (non-hydrogen) atoms. The number of benzene rings is 2. The second kappa shape index (κ2) is 6.87. The van der Waals surface area contributed by atoms with E-state index in [1.54, 1.807) is 0 Å². The Morgan fingerprint density at radius 3 is 1.32 bits per heavy atom. The number of methoxy groups -OCH3 is 1. The number of ether oxygens (including phenoxy) is 2. The summed E-state index contributed by atoms with van der Waals surface area (Å²) in [6.45, 7) is -0.140. The lowest BCUT2D eigenvalue weighted by atomic mass is 9.99. The highest BCUT2D eigenvalue weighted by atomic mass is 19.2. The normalized spacial score (nSPS) is 11.1. The van der Waals surface area contributed by atoms with E-state index in [9.17, 15) is 35.1 Å². The molecule has 0 heterocycles. The first-order valence-electron chi connectivity index (χ1n) is 6.45. The molecule has 0 aromatic heterocycles. The zero-order chi connectivity index (χ0) is 19.0. The van der Waals surface area contributed by atoms with Gasteiger partial charge in [-0.05, 0) is 6.92 Å². The first-order valence-corrected chi connectivity index (χ1v) is 6.45. The van der Waals surface area contributed by atoms with Gasteiger partial charge in [-0.15, -0.1) is 0 Å². The first kappa shape index (κ1) is 19.0. The van der Waals surface area contributed by atoms with Crippen LogP contribution in [-0.4, -0.2) is 13.9 Å². The van der Waals surface area contributed by atoms with Gasteiger partial charge in [-0.1, -0.05) is 0 Å². The fourth-order valence-corrected chi connectivity index (χ4v) is 2.04. The molecule has 0 fully saturated rings. The molecule has 2 aromatic carbocycles. The molecule has 10 heteroatoms. The van der Waals surface area contributed by atoms with E-state index in [1.807, 2.05) is 0 Å². The zero-order valence-corrected chi connectivity index (χ0v) is 12.5. The zero-order valence-electron chi connectivity index (χ0n) is 12.5. The van der Waals surface area contributed by atoms with Gasteiger partial charge in [0.25, 0.3) is 0 Å². The maximum absolute atomic E-state index is 14.1. The van der Waals surface area contributed by atoms with Gasteiger partial charge in [0, 0.05) is 12.7 Å². The molecule has 0 bridgehead atoms. The second-order valence-corrected chi connectivity index (χ2v) is 4.77. The Morgan fingerprint density at radius 1 is 0.600 bits per heavy atom. The van der Waals surface area contributed by atoms with Crippen molar-refractivity contribution in [1.82, 2.24) is 0 Å². The van der Waals surface area contributed by atoms with Gasteiger partial charge in [0.05, 0.1) is 11.1 Å². The van der Waals surface area contributed by atoms with Crippen LogP contribution >= 0.6 is 0 Å². The Balaban J connectivity index is 2.87. The highest BCUT2D eigenvalue weighted by molar-refractivity contribution is 5.68. The summed E-state index contributed by atoms with van der Waals surface area (Å²) in [5.41, 5.74) is -4.99.